The molecule has 6 nitrogen and oxygen atoms in total. The Labute approximate surface area is 163 Å². The van der Waals surface area contributed by atoms with E-state index in [1.165, 1.54) is 0 Å². The fraction of sp³-hybridized carbons (Fsp3) is 0.273. The Morgan fingerprint density at radius 2 is 1.96 bits per heavy atom. The summed E-state index contributed by atoms with van der Waals surface area (Å²) >= 11 is 0. The summed E-state index contributed by atoms with van der Waals surface area (Å²) in [7, 11) is 1.59. The summed E-state index contributed by atoms with van der Waals surface area (Å²) in [6.45, 7) is 3.95. The van der Waals surface area contributed by atoms with Crippen LogP contribution in [0.5, 0.6) is 5.75 Å². The minimum absolute atomic E-state index is 0.0607. The van der Waals surface area contributed by atoms with Crippen molar-refractivity contribution in [1.29, 1.82) is 0 Å². The Hall–Kier alpha value is -3.28. The Balaban J connectivity index is 1.74. The van der Waals surface area contributed by atoms with Gasteiger partial charge in [-0.15, -0.1) is 0 Å². The maximum absolute atomic E-state index is 12.6. The van der Waals surface area contributed by atoms with Crippen molar-refractivity contribution in [3.05, 3.63) is 59.9 Å². The molecule has 2 aromatic carbocycles. The van der Waals surface area contributed by atoms with Crippen LogP contribution in [-0.4, -0.2) is 25.0 Å². The van der Waals surface area contributed by atoms with Crippen molar-refractivity contribution >= 4 is 28.5 Å². The molecule has 0 aliphatic rings. The zero-order valence-electron chi connectivity index (χ0n) is 16.2. The minimum atomic E-state index is -0.220. The van der Waals surface area contributed by atoms with E-state index in [0.29, 0.717) is 22.6 Å². The van der Waals surface area contributed by atoms with E-state index in [4.69, 9.17) is 9.15 Å². The van der Waals surface area contributed by atoms with Crippen LogP contribution in [-0.2, 0) is 11.2 Å². The van der Waals surface area contributed by atoms with Gasteiger partial charge in [0, 0.05) is 23.1 Å². The maximum atomic E-state index is 12.6. The van der Waals surface area contributed by atoms with Crippen LogP contribution in [0.4, 0.5) is 5.69 Å². The van der Waals surface area contributed by atoms with Crippen molar-refractivity contribution in [3.8, 4) is 5.75 Å². The number of anilines is 1. The molecule has 0 aliphatic carbocycles. The fourth-order valence-corrected chi connectivity index (χ4v) is 2.89. The van der Waals surface area contributed by atoms with Crippen molar-refractivity contribution in [2.45, 2.75) is 32.7 Å². The van der Waals surface area contributed by atoms with E-state index in [1.807, 2.05) is 26.0 Å². The molecular formula is C22H24N2O4. The number of methoxy groups -OCH3 is 1. The molecule has 0 saturated carbocycles. The quantitative estimate of drug-likeness (QED) is 0.645. The predicted molar refractivity (Wildman–Crippen MR) is 109 cm³/mol. The smallest absolute Gasteiger partial charge is 0.253 e. The number of ether oxygens (including phenoxy) is 1. The summed E-state index contributed by atoms with van der Waals surface area (Å²) in [6.07, 6.45) is 2.55. The summed E-state index contributed by atoms with van der Waals surface area (Å²) in [5, 5.41) is 6.63. The van der Waals surface area contributed by atoms with Gasteiger partial charge in [0.05, 0.1) is 31.0 Å². The lowest BCUT2D eigenvalue weighted by molar-refractivity contribution is -0.115. The third kappa shape index (κ3) is 4.34. The standard InChI is InChI=1S/C22H24N2O4/c1-4-14(2)23-22(26)18-7-5-6-8-19(18)24-21(25)11-15-13-28-20-12-16(27-3)9-10-17(15)20/h5-10,12-14H,4,11H2,1-3H3,(H,23,26)(H,24,25). The molecule has 0 radical (unpaired) electrons. The highest BCUT2D eigenvalue weighted by molar-refractivity contribution is 6.04. The third-order valence-electron chi connectivity index (χ3n) is 4.65. The molecule has 3 rings (SSSR count). The highest BCUT2D eigenvalue weighted by Gasteiger charge is 2.16. The van der Waals surface area contributed by atoms with Crippen LogP contribution >= 0.6 is 0 Å². The Kier molecular flexibility index (Phi) is 5.99. The first kappa shape index (κ1) is 19.5. The van der Waals surface area contributed by atoms with Crippen LogP contribution in [0.3, 0.4) is 0 Å². The van der Waals surface area contributed by atoms with Crippen LogP contribution < -0.4 is 15.4 Å². The lowest BCUT2D eigenvalue weighted by Crippen LogP contribution is -2.32. The van der Waals surface area contributed by atoms with Crippen molar-refractivity contribution in [3.63, 3.8) is 0 Å². The second-order valence-electron chi connectivity index (χ2n) is 6.68. The molecular weight excluding hydrogens is 356 g/mol. The molecule has 0 spiro atoms. The monoisotopic (exact) mass is 380 g/mol. The van der Waals surface area contributed by atoms with Gasteiger partial charge < -0.3 is 19.8 Å². The lowest BCUT2D eigenvalue weighted by atomic mass is 10.1. The van der Waals surface area contributed by atoms with Crippen molar-refractivity contribution in [2.75, 3.05) is 12.4 Å². The van der Waals surface area contributed by atoms with Gasteiger partial charge >= 0.3 is 0 Å². The number of amides is 2. The molecule has 2 amide bonds. The van der Waals surface area contributed by atoms with Crippen LogP contribution in [0.15, 0.2) is 53.1 Å². The highest BCUT2D eigenvalue weighted by Crippen LogP contribution is 2.26. The predicted octanol–water partition coefficient (Wildman–Crippen LogP) is 4.15. The summed E-state index contributed by atoms with van der Waals surface area (Å²) in [6, 6.07) is 12.5. The molecule has 28 heavy (non-hydrogen) atoms. The first-order valence-corrected chi connectivity index (χ1v) is 9.25. The first-order valence-electron chi connectivity index (χ1n) is 9.25. The van der Waals surface area contributed by atoms with Gasteiger partial charge in [0.25, 0.3) is 5.91 Å². The van der Waals surface area contributed by atoms with E-state index in [-0.39, 0.29) is 24.3 Å². The number of furan rings is 1. The summed E-state index contributed by atoms with van der Waals surface area (Å²) in [5.41, 5.74) is 2.37. The van der Waals surface area contributed by atoms with Gasteiger partial charge in [0.2, 0.25) is 5.91 Å². The van der Waals surface area contributed by atoms with Gasteiger partial charge in [0.1, 0.15) is 11.3 Å². The van der Waals surface area contributed by atoms with Gasteiger partial charge in [-0.05, 0) is 37.6 Å². The Bertz CT molecular complexity index is 993. The molecule has 0 saturated heterocycles. The molecule has 146 valence electrons. The summed E-state index contributed by atoms with van der Waals surface area (Å²) < 4.78 is 10.7. The normalized spacial score (nSPS) is 11.8. The summed E-state index contributed by atoms with van der Waals surface area (Å²) in [5.74, 6) is 0.271. The van der Waals surface area contributed by atoms with Crippen LogP contribution in [0, 0.1) is 0 Å². The van der Waals surface area contributed by atoms with Crippen LogP contribution in [0.1, 0.15) is 36.2 Å². The topological polar surface area (TPSA) is 80.6 Å². The van der Waals surface area contributed by atoms with E-state index in [2.05, 4.69) is 10.6 Å². The number of para-hydroxylation sites is 1. The first-order chi connectivity index (χ1) is 13.5. The molecule has 0 bridgehead atoms. The van der Waals surface area contributed by atoms with Crippen molar-refractivity contribution in [2.24, 2.45) is 0 Å². The van der Waals surface area contributed by atoms with Gasteiger partial charge in [-0.3, -0.25) is 9.59 Å². The number of carbonyl (C=O) groups excluding carboxylic acids is 2. The molecule has 6 heteroatoms. The number of carbonyl (C=O) groups is 2. The van der Waals surface area contributed by atoms with Gasteiger partial charge in [-0.1, -0.05) is 19.1 Å². The van der Waals surface area contributed by atoms with Gasteiger partial charge in [-0.2, -0.15) is 0 Å². The molecule has 1 unspecified atom stereocenters. The molecule has 1 heterocycles. The van der Waals surface area contributed by atoms with Crippen molar-refractivity contribution in [1.82, 2.24) is 5.32 Å². The molecule has 1 atom stereocenters. The maximum Gasteiger partial charge on any atom is 0.253 e. The fourth-order valence-electron chi connectivity index (χ4n) is 2.89. The molecule has 3 aromatic rings. The number of hydrogen-bond donors (Lipinski definition) is 2. The molecule has 0 aliphatic heterocycles. The molecule has 0 fully saturated rings. The number of hydrogen-bond acceptors (Lipinski definition) is 4. The van der Waals surface area contributed by atoms with E-state index >= 15 is 0 Å². The van der Waals surface area contributed by atoms with Gasteiger partial charge in [0.15, 0.2) is 0 Å². The Morgan fingerprint density at radius 3 is 2.71 bits per heavy atom. The SMILES string of the molecule is CCC(C)NC(=O)c1ccccc1NC(=O)Cc1coc2cc(OC)ccc12. The van der Waals surface area contributed by atoms with Crippen LogP contribution in [0.25, 0.3) is 11.0 Å². The zero-order valence-corrected chi connectivity index (χ0v) is 16.2. The van der Waals surface area contributed by atoms with Crippen LogP contribution in [0.2, 0.25) is 0 Å². The molecule has 2 N–H and O–H groups in total. The average molecular weight is 380 g/mol. The zero-order chi connectivity index (χ0) is 20.1. The highest BCUT2D eigenvalue weighted by atomic mass is 16.5. The Morgan fingerprint density at radius 1 is 1.18 bits per heavy atom. The van der Waals surface area contributed by atoms with Gasteiger partial charge in [-0.25, -0.2) is 0 Å². The number of rotatable bonds is 7. The van der Waals surface area contributed by atoms with E-state index in [9.17, 15) is 9.59 Å². The second-order valence-corrected chi connectivity index (χ2v) is 6.68. The van der Waals surface area contributed by atoms with Crippen molar-refractivity contribution < 1.29 is 18.7 Å². The number of benzene rings is 2. The van der Waals surface area contributed by atoms with E-state index in [1.54, 1.807) is 43.7 Å². The largest absolute Gasteiger partial charge is 0.497 e. The minimum Gasteiger partial charge on any atom is -0.497 e. The average Bonchev–Trinajstić information content (AvgIpc) is 3.09. The third-order valence-corrected chi connectivity index (χ3v) is 4.65. The van der Waals surface area contributed by atoms with E-state index < -0.39 is 0 Å². The lowest BCUT2D eigenvalue weighted by Gasteiger charge is -2.14. The molecule has 1 aromatic heterocycles. The number of fused-ring (bicyclic) bond motifs is 1. The summed E-state index contributed by atoms with van der Waals surface area (Å²) in [4.78, 5) is 25.1. The van der Waals surface area contributed by atoms with E-state index in [0.717, 1.165) is 17.4 Å². The number of nitrogens with one attached hydrogen (secondary N) is 2. The second kappa shape index (κ2) is 8.61.